The fraction of sp³-hybridized carbons (Fsp3) is 0.429. The Morgan fingerprint density at radius 3 is 3.15 bits per heavy atom. The van der Waals surface area contributed by atoms with Crippen molar-refractivity contribution in [2.24, 2.45) is 0 Å². The van der Waals surface area contributed by atoms with Crippen LogP contribution in [0, 0.1) is 0 Å². The Hall–Kier alpha value is -0.810. The van der Waals surface area contributed by atoms with E-state index in [0.717, 1.165) is 11.7 Å². The maximum absolute atomic E-state index is 11.0. The SMILES string of the molecule is O=C1CN(c2nc(Cl)cs2)CCN1. The van der Waals surface area contributed by atoms with Crippen molar-refractivity contribution in [3.8, 4) is 0 Å². The van der Waals surface area contributed by atoms with Crippen LogP contribution in [0.5, 0.6) is 0 Å². The minimum absolute atomic E-state index is 0.0394. The number of anilines is 1. The molecule has 1 saturated heterocycles. The van der Waals surface area contributed by atoms with Crippen LogP contribution in [-0.2, 0) is 4.79 Å². The van der Waals surface area contributed by atoms with Crippen LogP contribution in [0.4, 0.5) is 5.13 Å². The van der Waals surface area contributed by atoms with Crippen molar-refractivity contribution < 1.29 is 4.79 Å². The molecule has 2 heterocycles. The van der Waals surface area contributed by atoms with Gasteiger partial charge in [-0.15, -0.1) is 11.3 Å². The second-order valence-electron chi connectivity index (χ2n) is 2.72. The number of nitrogens with zero attached hydrogens (tertiary/aromatic N) is 2. The molecule has 6 heteroatoms. The summed E-state index contributed by atoms with van der Waals surface area (Å²) in [5.74, 6) is 0.0394. The van der Waals surface area contributed by atoms with Crippen LogP contribution in [0.15, 0.2) is 5.38 Å². The lowest BCUT2D eigenvalue weighted by atomic mass is 10.4. The topological polar surface area (TPSA) is 45.2 Å². The average molecular weight is 218 g/mol. The molecule has 1 fully saturated rings. The van der Waals surface area contributed by atoms with Gasteiger partial charge < -0.3 is 10.2 Å². The van der Waals surface area contributed by atoms with Gasteiger partial charge in [0, 0.05) is 18.5 Å². The molecule has 1 aliphatic heterocycles. The van der Waals surface area contributed by atoms with Crippen LogP contribution in [0.1, 0.15) is 0 Å². The molecule has 1 aliphatic rings. The van der Waals surface area contributed by atoms with Gasteiger partial charge in [0.05, 0.1) is 6.54 Å². The van der Waals surface area contributed by atoms with Crippen LogP contribution in [-0.4, -0.2) is 30.5 Å². The molecule has 4 nitrogen and oxygen atoms in total. The fourth-order valence-corrected chi connectivity index (χ4v) is 2.17. The number of hydrogen-bond acceptors (Lipinski definition) is 4. The van der Waals surface area contributed by atoms with Gasteiger partial charge in [0.15, 0.2) is 5.13 Å². The highest BCUT2D eigenvalue weighted by molar-refractivity contribution is 7.14. The zero-order valence-electron chi connectivity index (χ0n) is 6.79. The van der Waals surface area contributed by atoms with Gasteiger partial charge in [0.2, 0.25) is 5.91 Å². The van der Waals surface area contributed by atoms with Crippen LogP contribution in [0.2, 0.25) is 5.15 Å². The van der Waals surface area contributed by atoms with Gasteiger partial charge in [-0.1, -0.05) is 11.6 Å². The Bertz CT molecular complexity index is 327. The Balaban J connectivity index is 2.12. The van der Waals surface area contributed by atoms with Gasteiger partial charge in [-0.25, -0.2) is 4.98 Å². The normalized spacial score (nSPS) is 17.3. The maximum atomic E-state index is 11.0. The van der Waals surface area contributed by atoms with Crippen molar-refractivity contribution in [2.45, 2.75) is 0 Å². The highest BCUT2D eigenvalue weighted by Gasteiger charge is 2.18. The molecule has 0 bridgehead atoms. The lowest BCUT2D eigenvalue weighted by Crippen LogP contribution is -2.47. The molecule has 1 aromatic rings. The largest absolute Gasteiger partial charge is 0.353 e. The quantitative estimate of drug-likeness (QED) is 0.755. The highest BCUT2D eigenvalue weighted by atomic mass is 35.5. The number of rotatable bonds is 1. The van der Waals surface area contributed by atoms with E-state index in [-0.39, 0.29) is 5.91 Å². The van der Waals surface area contributed by atoms with E-state index < -0.39 is 0 Å². The minimum Gasteiger partial charge on any atom is -0.353 e. The standard InChI is InChI=1S/C7H8ClN3OS/c8-5-4-13-7(10-5)11-2-1-9-6(12)3-11/h4H,1-3H2,(H,9,12). The average Bonchev–Trinajstić information content (AvgIpc) is 2.52. The van der Waals surface area contributed by atoms with E-state index in [0.29, 0.717) is 18.2 Å². The number of thiazole rings is 1. The number of amides is 1. The Morgan fingerprint density at radius 1 is 1.69 bits per heavy atom. The van der Waals surface area contributed by atoms with Crippen LogP contribution >= 0.6 is 22.9 Å². The number of piperazine rings is 1. The molecule has 1 aromatic heterocycles. The molecular formula is C7H8ClN3OS. The maximum Gasteiger partial charge on any atom is 0.239 e. The third-order valence-corrected chi connectivity index (χ3v) is 3.00. The van der Waals surface area contributed by atoms with Gasteiger partial charge in [-0.05, 0) is 0 Å². The van der Waals surface area contributed by atoms with E-state index in [2.05, 4.69) is 10.3 Å². The van der Waals surface area contributed by atoms with Crippen LogP contribution in [0.25, 0.3) is 0 Å². The van der Waals surface area contributed by atoms with E-state index in [1.54, 1.807) is 5.38 Å². The van der Waals surface area contributed by atoms with E-state index in [9.17, 15) is 4.79 Å². The first-order valence-corrected chi connectivity index (χ1v) is 5.14. The molecule has 1 amide bonds. The lowest BCUT2D eigenvalue weighted by Gasteiger charge is -2.25. The predicted molar refractivity (Wildman–Crippen MR) is 52.3 cm³/mol. The number of aromatic nitrogens is 1. The molecule has 0 aromatic carbocycles. The van der Waals surface area contributed by atoms with Crippen LogP contribution in [0.3, 0.4) is 0 Å². The monoisotopic (exact) mass is 217 g/mol. The van der Waals surface area contributed by atoms with Crippen LogP contribution < -0.4 is 10.2 Å². The summed E-state index contributed by atoms with van der Waals surface area (Å²) in [6, 6.07) is 0. The second-order valence-corrected chi connectivity index (χ2v) is 3.95. The molecule has 0 atom stereocenters. The number of carbonyl (C=O) groups excluding carboxylic acids is 1. The van der Waals surface area contributed by atoms with E-state index >= 15 is 0 Å². The lowest BCUT2D eigenvalue weighted by molar-refractivity contribution is -0.120. The molecule has 1 N–H and O–H groups in total. The van der Waals surface area contributed by atoms with Gasteiger partial charge in [-0.3, -0.25) is 4.79 Å². The van der Waals surface area contributed by atoms with E-state index in [4.69, 9.17) is 11.6 Å². The number of carbonyl (C=O) groups is 1. The first kappa shape index (κ1) is 8.77. The Morgan fingerprint density at radius 2 is 2.54 bits per heavy atom. The van der Waals surface area contributed by atoms with Crippen molar-refractivity contribution in [3.05, 3.63) is 10.5 Å². The summed E-state index contributed by atoms with van der Waals surface area (Å²) in [5, 5.41) is 5.83. The summed E-state index contributed by atoms with van der Waals surface area (Å²) in [6.07, 6.45) is 0. The van der Waals surface area contributed by atoms with Crippen molar-refractivity contribution in [1.82, 2.24) is 10.3 Å². The first-order chi connectivity index (χ1) is 6.25. The molecule has 2 rings (SSSR count). The summed E-state index contributed by atoms with van der Waals surface area (Å²) in [6.45, 7) is 1.86. The molecule has 70 valence electrons. The zero-order valence-corrected chi connectivity index (χ0v) is 8.36. The third kappa shape index (κ3) is 1.92. The first-order valence-electron chi connectivity index (χ1n) is 3.88. The molecule has 0 spiro atoms. The summed E-state index contributed by atoms with van der Waals surface area (Å²) in [5.41, 5.74) is 0. The fourth-order valence-electron chi connectivity index (χ4n) is 1.19. The highest BCUT2D eigenvalue weighted by Crippen LogP contribution is 2.23. The van der Waals surface area contributed by atoms with Gasteiger partial charge >= 0.3 is 0 Å². The second kappa shape index (κ2) is 3.51. The molecule has 13 heavy (non-hydrogen) atoms. The van der Waals surface area contributed by atoms with Gasteiger partial charge in [0.25, 0.3) is 0 Å². The van der Waals surface area contributed by atoms with Crippen molar-refractivity contribution in [2.75, 3.05) is 24.5 Å². The summed E-state index contributed by atoms with van der Waals surface area (Å²) in [7, 11) is 0. The predicted octanol–water partition coefficient (Wildman–Crippen LogP) is 0.733. The Labute approximate surface area is 84.5 Å². The summed E-state index contributed by atoms with van der Waals surface area (Å²) >= 11 is 7.15. The third-order valence-electron chi connectivity index (χ3n) is 1.77. The molecule has 0 aliphatic carbocycles. The van der Waals surface area contributed by atoms with Crippen molar-refractivity contribution in [3.63, 3.8) is 0 Å². The molecule has 0 unspecified atom stereocenters. The van der Waals surface area contributed by atoms with E-state index in [1.165, 1.54) is 11.3 Å². The molecule has 0 radical (unpaired) electrons. The van der Waals surface area contributed by atoms with Gasteiger partial charge in [-0.2, -0.15) is 0 Å². The number of nitrogens with one attached hydrogen (secondary N) is 1. The van der Waals surface area contributed by atoms with E-state index in [1.807, 2.05) is 4.90 Å². The number of halogens is 1. The molecule has 0 saturated carbocycles. The summed E-state index contributed by atoms with van der Waals surface area (Å²) in [4.78, 5) is 17.1. The van der Waals surface area contributed by atoms with Gasteiger partial charge in [0.1, 0.15) is 5.15 Å². The summed E-state index contributed by atoms with van der Waals surface area (Å²) < 4.78 is 0. The minimum atomic E-state index is 0.0394. The smallest absolute Gasteiger partial charge is 0.239 e. The van der Waals surface area contributed by atoms with Crippen molar-refractivity contribution in [1.29, 1.82) is 0 Å². The Kier molecular flexibility index (Phi) is 2.37. The van der Waals surface area contributed by atoms with Crippen molar-refractivity contribution >= 4 is 34.0 Å². The molecular weight excluding hydrogens is 210 g/mol. The number of hydrogen-bond donors (Lipinski definition) is 1. The zero-order chi connectivity index (χ0) is 9.26.